The molecule has 0 fully saturated rings. The average Bonchev–Trinajstić information content (AvgIpc) is 2.69. The number of pyridine rings is 1. The Kier molecular flexibility index (Phi) is 4.22. The number of fused-ring (bicyclic) bond motifs is 1. The molecule has 2 aromatic carbocycles. The summed E-state index contributed by atoms with van der Waals surface area (Å²) >= 11 is 6.14. The molecule has 128 valence electrons. The first-order chi connectivity index (χ1) is 12.7. The van der Waals surface area contributed by atoms with Gasteiger partial charge >= 0.3 is 0 Å². The monoisotopic (exact) mass is 364 g/mol. The molecule has 0 spiro atoms. The number of anilines is 1. The predicted octanol–water partition coefficient (Wildman–Crippen LogP) is 5.19. The number of nitrogens with zero attached hydrogens (tertiary/aromatic N) is 3. The van der Waals surface area contributed by atoms with E-state index in [4.69, 9.17) is 11.6 Å². The largest absolute Gasteiger partial charge is 0.373 e. The van der Waals surface area contributed by atoms with Crippen LogP contribution in [0.2, 0.25) is 5.02 Å². The van der Waals surface area contributed by atoms with Gasteiger partial charge in [0.15, 0.2) is 5.82 Å². The quantitative estimate of drug-likeness (QED) is 0.543. The zero-order chi connectivity index (χ0) is 18.1. The molecule has 0 aliphatic carbocycles. The molecule has 4 nitrogen and oxygen atoms in total. The van der Waals surface area contributed by atoms with E-state index in [9.17, 15) is 4.39 Å². The Balaban J connectivity index is 1.93. The fourth-order valence-electron chi connectivity index (χ4n) is 2.84. The van der Waals surface area contributed by atoms with E-state index < -0.39 is 5.82 Å². The van der Waals surface area contributed by atoms with Crippen LogP contribution in [0.1, 0.15) is 0 Å². The molecule has 0 unspecified atom stereocenters. The van der Waals surface area contributed by atoms with Crippen LogP contribution in [0.5, 0.6) is 0 Å². The van der Waals surface area contributed by atoms with Gasteiger partial charge in [0.1, 0.15) is 11.6 Å². The van der Waals surface area contributed by atoms with E-state index in [2.05, 4.69) is 20.3 Å². The van der Waals surface area contributed by atoms with Gasteiger partial charge in [0.05, 0.1) is 10.5 Å². The van der Waals surface area contributed by atoms with Gasteiger partial charge in [-0.25, -0.2) is 14.4 Å². The van der Waals surface area contributed by atoms with Crippen molar-refractivity contribution in [2.45, 2.75) is 0 Å². The lowest BCUT2D eigenvalue weighted by atomic mass is 10.0. The van der Waals surface area contributed by atoms with E-state index in [0.29, 0.717) is 17.2 Å². The zero-order valence-corrected chi connectivity index (χ0v) is 14.6. The van der Waals surface area contributed by atoms with Gasteiger partial charge in [0, 0.05) is 36.0 Å². The van der Waals surface area contributed by atoms with E-state index in [-0.39, 0.29) is 5.02 Å². The minimum absolute atomic E-state index is 0.0993. The van der Waals surface area contributed by atoms with Gasteiger partial charge in [0.2, 0.25) is 0 Å². The Labute approximate surface area is 154 Å². The maximum atomic E-state index is 13.8. The molecule has 6 heteroatoms. The van der Waals surface area contributed by atoms with E-state index in [1.54, 1.807) is 24.5 Å². The van der Waals surface area contributed by atoms with Crippen LogP contribution in [-0.2, 0) is 0 Å². The van der Waals surface area contributed by atoms with Gasteiger partial charge < -0.3 is 5.32 Å². The van der Waals surface area contributed by atoms with Crippen LogP contribution in [0.15, 0.2) is 60.9 Å². The number of hydrogen-bond acceptors (Lipinski definition) is 4. The minimum atomic E-state index is -0.445. The average molecular weight is 365 g/mol. The zero-order valence-electron chi connectivity index (χ0n) is 13.9. The Morgan fingerprint density at radius 1 is 1.00 bits per heavy atom. The van der Waals surface area contributed by atoms with Crippen molar-refractivity contribution >= 4 is 28.3 Å². The highest BCUT2D eigenvalue weighted by atomic mass is 35.5. The van der Waals surface area contributed by atoms with Crippen LogP contribution in [0, 0.1) is 5.82 Å². The summed E-state index contributed by atoms with van der Waals surface area (Å²) in [6.45, 7) is 0. The third-order valence-corrected chi connectivity index (χ3v) is 4.50. The smallest absolute Gasteiger partial charge is 0.163 e. The highest BCUT2D eigenvalue weighted by Crippen LogP contribution is 2.33. The third-order valence-electron chi connectivity index (χ3n) is 4.12. The Morgan fingerprint density at radius 2 is 1.88 bits per heavy atom. The van der Waals surface area contributed by atoms with Crippen LogP contribution < -0.4 is 5.32 Å². The third kappa shape index (κ3) is 2.86. The molecule has 0 atom stereocenters. The number of aromatic nitrogens is 3. The van der Waals surface area contributed by atoms with Gasteiger partial charge in [0.25, 0.3) is 0 Å². The minimum Gasteiger partial charge on any atom is -0.373 e. The highest BCUT2D eigenvalue weighted by Gasteiger charge is 2.12. The van der Waals surface area contributed by atoms with Crippen LogP contribution >= 0.6 is 11.6 Å². The van der Waals surface area contributed by atoms with Crippen molar-refractivity contribution in [2.75, 3.05) is 12.4 Å². The van der Waals surface area contributed by atoms with Gasteiger partial charge in [-0.15, -0.1) is 0 Å². The standard InChI is InChI=1S/C20H14ClFN4/c1-23-20-15-8-7-12(14-5-2-6-16(22)18(14)21)10-17(15)25-19(26-20)13-4-3-9-24-11-13/h2-11H,1H3,(H,23,25,26). The molecule has 0 bridgehead atoms. The summed E-state index contributed by atoms with van der Waals surface area (Å²) in [5.74, 6) is 0.835. The molecule has 0 saturated carbocycles. The van der Waals surface area contributed by atoms with Gasteiger partial charge in [-0.2, -0.15) is 0 Å². The summed E-state index contributed by atoms with van der Waals surface area (Å²) in [5.41, 5.74) is 2.97. The number of nitrogens with one attached hydrogen (secondary N) is 1. The van der Waals surface area contributed by atoms with Crippen LogP contribution in [0.4, 0.5) is 10.2 Å². The molecule has 4 rings (SSSR count). The molecule has 0 aliphatic heterocycles. The second-order valence-corrected chi connectivity index (χ2v) is 6.10. The lowest BCUT2D eigenvalue weighted by Gasteiger charge is -2.11. The summed E-state index contributed by atoms with van der Waals surface area (Å²) in [4.78, 5) is 13.4. The second kappa shape index (κ2) is 6.69. The van der Waals surface area contributed by atoms with Crippen molar-refractivity contribution in [2.24, 2.45) is 0 Å². The molecule has 2 heterocycles. The topological polar surface area (TPSA) is 50.7 Å². The second-order valence-electron chi connectivity index (χ2n) is 5.72. The Bertz CT molecular complexity index is 1100. The Morgan fingerprint density at radius 3 is 2.65 bits per heavy atom. The lowest BCUT2D eigenvalue weighted by Crippen LogP contribution is -1.99. The van der Waals surface area contributed by atoms with Crippen molar-refractivity contribution in [3.63, 3.8) is 0 Å². The molecule has 2 aromatic heterocycles. The van der Waals surface area contributed by atoms with E-state index in [1.807, 2.05) is 37.4 Å². The maximum Gasteiger partial charge on any atom is 0.163 e. The molecule has 0 aliphatic rings. The molecular weight excluding hydrogens is 351 g/mol. The summed E-state index contributed by atoms with van der Waals surface area (Å²) < 4.78 is 13.8. The maximum absolute atomic E-state index is 13.8. The van der Waals surface area contributed by atoms with E-state index in [0.717, 1.165) is 22.0 Å². The first kappa shape index (κ1) is 16.4. The number of hydrogen-bond donors (Lipinski definition) is 1. The van der Waals surface area contributed by atoms with Gasteiger partial charge in [-0.3, -0.25) is 4.98 Å². The number of halogens is 2. The normalized spacial score (nSPS) is 10.9. The van der Waals surface area contributed by atoms with Crippen molar-refractivity contribution in [1.29, 1.82) is 0 Å². The lowest BCUT2D eigenvalue weighted by molar-refractivity contribution is 0.629. The van der Waals surface area contributed by atoms with E-state index >= 15 is 0 Å². The van der Waals surface area contributed by atoms with Crippen molar-refractivity contribution in [3.05, 3.63) is 71.8 Å². The predicted molar refractivity (Wildman–Crippen MR) is 103 cm³/mol. The summed E-state index contributed by atoms with van der Waals surface area (Å²) in [7, 11) is 1.81. The molecule has 4 aromatic rings. The highest BCUT2D eigenvalue weighted by molar-refractivity contribution is 6.33. The van der Waals surface area contributed by atoms with Crippen molar-refractivity contribution < 1.29 is 4.39 Å². The number of benzene rings is 2. The van der Waals surface area contributed by atoms with Crippen molar-refractivity contribution in [1.82, 2.24) is 15.0 Å². The molecule has 0 saturated heterocycles. The molecule has 0 radical (unpaired) electrons. The van der Waals surface area contributed by atoms with Crippen LogP contribution in [-0.4, -0.2) is 22.0 Å². The molecular formula is C20H14ClFN4. The summed E-state index contributed by atoms with van der Waals surface area (Å²) in [6.07, 6.45) is 3.42. The first-order valence-corrected chi connectivity index (χ1v) is 8.39. The van der Waals surface area contributed by atoms with Crippen LogP contribution in [0.3, 0.4) is 0 Å². The fraction of sp³-hybridized carbons (Fsp3) is 0.0500. The summed E-state index contributed by atoms with van der Waals surface area (Å²) in [5, 5.41) is 4.07. The SMILES string of the molecule is CNc1nc(-c2cccnc2)nc2cc(-c3cccc(F)c3Cl)ccc12. The number of rotatable bonds is 3. The van der Waals surface area contributed by atoms with Crippen LogP contribution in [0.25, 0.3) is 33.4 Å². The van der Waals surface area contributed by atoms with Crippen molar-refractivity contribution in [3.8, 4) is 22.5 Å². The van der Waals surface area contributed by atoms with E-state index in [1.165, 1.54) is 6.07 Å². The molecule has 26 heavy (non-hydrogen) atoms. The van der Waals surface area contributed by atoms with Gasteiger partial charge in [-0.1, -0.05) is 29.8 Å². The first-order valence-electron chi connectivity index (χ1n) is 8.01. The Hall–Kier alpha value is -3.05. The summed E-state index contributed by atoms with van der Waals surface area (Å²) in [6, 6.07) is 14.2. The van der Waals surface area contributed by atoms with Gasteiger partial charge in [-0.05, 0) is 35.9 Å². The molecule has 0 amide bonds. The fourth-order valence-corrected chi connectivity index (χ4v) is 3.07. The molecule has 1 N–H and O–H groups in total.